The fourth-order valence-electron chi connectivity index (χ4n) is 2.96. The molecule has 0 aromatic heterocycles. The van der Waals surface area contributed by atoms with E-state index in [1.165, 1.54) is 27.8 Å². The average molecular weight is 272 g/mol. The Labute approximate surface area is 127 Å². The second-order valence-electron chi connectivity index (χ2n) is 5.75. The van der Waals surface area contributed by atoms with E-state index in [-0.39, 0.29) is 0 Å². The lowest BCUT2D eigenvalue weighted by Gasteiger charge is -2.12. The van der Waals surface area contributed by atoms with Crippen LogP contribution in [0.5, 0.6) is 0 Å². The summed E-state index contributed by atoms with van der Waals surface area (Å²) in [4.78, 5) is 0. The van der Waals surface area contributed by atoms with Gasteiger partial charge in [0.25, 0.3) is 0 Å². The molecule has 2 aromatic rings. The topological polar surface area (TPSA) is 0 Å². The van der Waals surface area contributed by atoms with E-state index >= 15 is 0 Å². The smallest absolute Gasteiger partial charge is 0.0238 e. The first-order chi connectivity index (χ1) is 10.2. The van der Waals surface area contributed by atoms with Gasteiger partial charge in [-0.1, -0.05) is 84.5 Å². The Morgan fingerprint density at radius 2 is 1.81 bits per heavy atom. The third-order valence-electron chi connectivity index (χ3n) is 4.00. The first-order valence-electron chi connectivity index (χ1n) is 7.37. The van der Waals surface area contributed by atoms with Gasteiger partial charge in [-0.3, -0.25) is 0 Å². The molecule has 3 rings (SSSR count). The molecule has 0 nitrogen and oxygen atoms in total. The van der Waals surface area contributed by atoms with Crippen molar-refractivity contribution in [3.8, 4) is 11.1 Å². The van der Waals surface area contributed by atoms with Gasteiger partial charge in [0.2, 0.25) is 0 Å². The maximum atomic E-state index is 3.96. The van der Waals surface area contributed by atoms with E-state index in [4.69, 9.17) is 0 Å². The summed E-state index contributed by atoms with van der Waals surface area (Å²) >= 11 is 0. The van der Waals surface area contributed by atoms with Gasteiger partial charge in [-0.25, -0.2) is 0 Å². The molecule has 0 heterocycles. The molecule has 0 bridgehead atoms. The third-order valence-corrected chi connectivity index (χ3v) is 4.00. The van der Waals surface area contributed by atoms with Gasteiger partial charge in [0, 0.05) is 5.92 Å². The van der Waals surface area contributed by atoms with Crippen molar-refractivity contribution in [2.24, 2.45) is 0 Å². The highest BCUT2D eigenvalue weighted by Crippen LogP contribution is 2.41. The van der Waals surface area contributed by atoms with Crippen molar-refractivity contribution < 1.29 is 0 Å². The summed E-state index contributed by atoms with van der Waals surface area (Å²) in [6.45, 7) is 8.20. The molecule has 104 valence electrons. The van der Waals surface area contributed by atoms with E-state index in [9.17, 15) is 0 Å². The zero-order valence-corrected chi connectivity index (χ0v) is 12.6. The van der Waals surface area contributed by atoms with Crippen LogP contribution in [0.25, 0.3) is 17.2 Å². The van der Waals surface area contributed by atoms with E-state index in [0.717, 1.165) is 5.57 Å². The highest BCUT2D eigenvalue weighted by molar-refractivity contribution is 5.82. The first-order valence-corrected chi connectivity index (χ1v) is 7.37. The Kier molecular flexibility index (Phi) is 3.62. The summed E-state index contributed by atoms with van der Waals surface area (Å²) in [5, 5.41) is 0. The lowest BCUT2D eigenvalue weighted by molar-refractivity contribution is 1.02. The Bertz CT molecular complexity index is 730. The predicted octanol–water partition coefficient (Wildman–Crippen LogP) is 5.99. The van der Waals surface area contributed by atoms with Crippen LogP contribution in [0.3, 0.4) is 0 Å². The Morgan fingerprint density at radius 1 is 1.05 bits per heavy atom. The Hall–Kier alpha value is -2.34. The minimum Gasteiger partial charge on any atom is -0.0961 e. The third kappa shape index (κ3) is 2.62. The molecule has 0 fully saturated rings. The van der Waals surface area contributed by atoms with E-state index in [1.54, 1.807) is 0 Å². The lowest BCUT2D eigenvalue weighted by Crippen LogP contribution is -1.94. The minimum absolute atomic E-state index is 0.375. The molecule has 1 aliphatic rings. The van der Waals surface area contributed by atoms with Crippen LogP contribution in [0.2, 0.25) is 0 Å². The molecule has 0 heteroatoms. The Balaban J connectivity index is 2.09. The maximum Gasteiger partial charge on any atom is 0.0238 e. The van der Waals surface area contributed by atoms with Gasteiger partial charge in [-0.15, -0.1) is 0 Å². The van der Waals surface area contributed by atoms with Crippen molar-refractivity contribution in [2.75, 3.05) is 0 Å². The molecule has 0 radical (unpaired) electrons. The summed E-state index contributed by atoms with van der Waals surface area (Å²) in [7, 11) is 0. The Morgan fingerprint density at radius 3 is 2.52 bits per heavy atom. The molecule has 2 aromatic carbocycles. The number of hydrogen-bond donors (Lipinski definition) is 0. The number of allylic oxidation sites excluding steroid dienone is 4. The molecule has 1 unspecified atom stereocenters. The second-order valence-corrected chi connectivity index (χ2v) is 5.75. The molecule has 0 amide bonds. The number of hydrogen-bond acceptors (Lipinski definition) is 0. The zero-order valence-electron chi connectivity index (χ0n) is 12.6. The summed E-state index contributed by atoms with van der Waals surface area (Å²) in [5.74, 6) is 0.375. The SMILES string of the molecule is C=C(C)C=CC1C(C)=Cc2c(-c3ccccc3)cccc21. The van der Waals surface area contributed by atoms with Crippen molar-refractivity contribution in [3.05, 3.63) is 89.5 Å². The van der Waals surface area contributed by atoms with E-state index in [0.29, 0.717) is 5.92 Å². The van der Waals surface area contributed by atoms with Crippen molar-refractivity contribution in [2.45, 2.75) is 19.8 Å². The van der Waals surface area contributed by atoms with Crippen molar-refractivity contribution in [3.63, 3.8) is 0 Å². The highest BCUT2D eigenvalue weighted by Gasteiger charge is 2.22. The quantitative estimate of drug-likeness (QED) is 0.602. The normalized spacial score (nSPS) is 16.9. The number of rotatable bonds is 3. The average Bonchev–Trinajstić information content (AvgIpc) is 2.81. The van der Waals surface area contributed by atoms with Crippen LogP contribution in [-0.4, -0.2) is 0 Å². The molecule has 0 saturated carbocycles. The monoisotopic (exact) mass is 272 g/mol. The molecular weight excluding hydrogens is 252 g/mol. The van der Waals surface area contributed by atoms with Crippen molar-refractivity contribution in [1.82, 2.24) is 0 Å². The fraction of sp³-hybridized carbons (Fsp3) is 0.143. The van der Waals surface area contributed by atoms with Gasteiger partial charge in [0.05, 0.1) is 0 Å². The van der Waals surface area contributed by atoms with Gasteiger partial charge < -0.3 is 0 Å². The molecular formula is C21H20. The zero-order chi connectivity index (χ0) is 14.8. The second kappa shape index (κ2) is 5.57. The highest BCUT2D eigenvalue weighted by atomic mass is 14.3. The van der Waals surface area contributed by atoms with Gasteiger partial charge in [-0.2, -0.15) is 0 Å². The summed E-state index contributed by atoms with van der Waals surface area (Å²) in [6, 6.07) is 17.2. The largest absolute Gasteiger partial charge is 0.0961 e. The summed E-state index contributed by atoms with van der Waals surface area (Å²) in [6.07, 6.45) is 6.70. The molecule has 1 atom stereocenters. The van der Waals surface area contributed by atoms with Crippen LogP contribution >= 0.6 is 0 Å². The molecule has 0 N–H and O–H groups in total. The fourth-order valence-corrected chi connectivity index (χ4v) is 2.96. The number of benzene rings is 2. The van der Waals surface area contributed by atoms with Crippen LogP contribution in [0.4, 0.5) is 0 Å². The predicted molar refractivity (Wildman–Crippen MR) is 92.2 cm³/mol. The summed E-state index contributed by atoms with van der Waals surface area (Å²) in [5.41, 5.74) is 7.84. The van der Waals surface area contributed by atoms with E-state index in [2.05, 4.69) is 80.3 Å². The van der Waals surface area contributed by atoms with Crippen LogP contribution in [0.1, 0.15) is 30.9 Å². The van der Waals surface area contributed by atoms with Crippen LogP contribution < -0.4 is 0 Å². The van der Waals surface area contributed by atoms with E-state index in [1.807, 2.05) is 6.92 Å². The number of fused-ring (bicyclic) bond motifs is 1. The first kappa shape index (κ1) is 13.6. The molecule has 0 spiro atoms. The van der Waals surface area contributed by atoms with Gasteiger partial charge in [0.15, 0.2) is 0 Å². The lowest BCUT2D eigenvalue weighted by atomic mass is 9.92. The van der Waals surface area contributed by atoms with Crippen LogP contribution in [-0.2, 0) is 0 Å². The van der Waals surface area contributed by atoms with Gasteiger partial charge >= 0.3 is 0 Å². The van der Waals surface area contributed by atoms with Crippen LogP contribution in [0, 0.1) is 0 Å². The minimum atomic E-state index is 0.375. The molecule has 1 aliphatic carbocycles. The van der Waals surface area contributed by atoms with Gasteiger partial charge in [-0.05, 0) is 36.1 Å². The van der Waals surface area contributed by atoms with E-state index < -0.39 is 0 Å². The molecule has 21 heavy (non-hydrogen) atoms. The molecule has 0 saturated heterocycles. The molecule has 0 aliphatic heterocycles. The maximum absolute atomic E-state index is 3.96. The standard InChI is InChI=1S/C21H20/c1-15(2)12-13-18-16(3)14-21-19(10-7-11-20(18)21)17-8-5-4-6-9-17/h4-14,18H,1H2,2-3H3. The van der Waals surface area contributed by atoms with Crippen molar-refractivity contribution >= 4 is 6.08 Å². The summed E-state index contributed by atoms with van der Waals surface area (Å²) < 4.78 is 0. The van der Waals surface area contributed by atoms with Crippen LogP contribution in [0.15, 0.2) is 78.4 Å². The van der Waals surface area contributed by atoms with Gasteiger partial charge in [0.1, 0.15) is 0 Å². The van der Waals surface area contributed by atoms with Crippen molar-refractivity contribution in [1.29, 1.82) is 0 Å².